The van der Waals surface area contributed by atoms with Gasteiger partial charge in [-0.2, -0.15) is 0 Å². The summed E-state index contributed by atoms with van der Waals surface area (Å²) in [4.78, 5) is 102. The molecular weight excluding hydrogens is 596 g/mol. The van der Waals surface area contributed by atoms with Crippen LogP contribution in [0.1, 0.15) is 24.8 Å². The largest absolute Gasteiger partial charge is 0.477 e. The quantitative estimate of drug-likeness (QED) is 0.0780. The predicted molar refractivity (Wildman–Crippen MR) is 144 cm³/mol. The lowest BCUT2D eigenvalue weighted by atomic mass is 10.0. The lowest BCUT2D eigenvalue weighted by molar-refractivity contribution is -0.153. The van der Waals surface area contributed by atoms with E-state index in [4.69, 9.17) is 4.74 Å². The van der Waals surface area contributed by atoms with Gasteiger partial charge in [-0.15, -0.1) is 23.1 Å². The third-order valence-electron chi connectivity index (χ3n) is 6.62. The zero-order valence-corrected chi connectivity index (χ0v) is 23.9. The van der Waals surface area contributed by atoms with Gasteiger partial charge in [-0.1, -0.05) is 6.07 Å². The van der Waals surface area contributed by atoms with Crippen LogP contribution in [0.15, 0.2) is 28.8 Å². The molecule has 18 heteroatoms. The van der Waals surface area contributed by atoms with Crippen LogP contribution >= 0.6 is 23.1 Å². The monoisotopic (exact) mass is 622 g/mol. The summed E-state index contributed by atoms with van der Waals surface area (Å²) in [6.07, 6.45) is -1.33. The van der Waals surface area contributed by atoms with Gasteiger partial charge in [0, 0.05) is 42.8 Å². The Hall–Kier alpha value is -4.45. The lowest BCUT2D eigenvalue weighted by Gasteiger charge is -2.49. The van der Waals surface area contributed by atoms with Gasteiger partial charge in [0.2, 0.25) is 12.6 Å². The highest BCUT2D eigenvalue weighted by Crippen LogP contribution is 2.41. The molecule has 2 saturated heterocycles. The Bertz CT molecular complexity index is 1370. The second kappa shape index (κ2) is 12.6. The van der Waals surface area contributed by atoms with Gasteiger partial charge in [-0.25, -0.2) is 9.59 Å². The Balaban J connectivity index is 1.61. The van der Waals surface area contributed by atoms with Gasteiger partial charge in [0.05, 0.1) is 0 Å². The first-order valence-electron chi connectivity index (χ1n) is 12.5. The number of aliphatic carboxylic acids is 1. The van der Waals surface area contributed by atoms with E-state index >= 15 is 0 Å². The number of carbonyl (C=O) groups is 8. The van der Waals surface area contributed by atoms with E-state index in [2.05, 4.69) is 16.0 Å². The predicted octanol–water partition coefficient (Wildman–Crippen LogP) is -1.44. The molecular formula is C24H26N6O10S2. The average Bonchev–Trinajstić information content (AvgIpc) is 3.49. The standard InChI is InChI=1S/C24H26N6O10S2/c1-3-28-6-7-29(21(36)20(28)35)24(39)26-14(13-5-4-8-41-13)17(33)27-18(40-11(2)32)12-9-42-22-15(25-10-31)19(34)30(22)16(12)23(37)38/h4-5,8,10,14-15,18,22H,3,6-7,9H2,1-2H3,(H,25,31)(H,26,39)(H,27,33)(H,37,38)/t14?,15-,18?,22+/m0/s1. The van der Waals surface area contributed by atoms with Crippen molar-refractivity contribution in [1.29, 1.82) is 0 Å². The molecule has 42 heavy (non-hydrogen) atoms. The number of rotatable bonds is 10. The molecule has 0 aromatic carbocycles. The number of carboxylic acids is 1. The highest BCUT2D eigenvalue weighted by molar-refractivity contribution is 8.00. The number of esters is 1. The number of thiophene rings is 1. The van der Waals surface area contributed by atoms with Crippen molar-refractivity contribution in [1.82, 2.24) is 30.7 Å². The van der Waals surface area contributed by atoms with E-state index in [1.807, 2.05) is 0 Å². The van der Waals surface area contributed by atoms with E-state index < -0.39 is 71.0 Å². The van der Waals surface area contributed by atoms with Crippen LogP contribution in [0.5, 0.6) is 0 Å². The minimum atomic E-state index is -1.66. The SMILES string of the molecule is CCN1CCN(C(=O)NC(C(=O)NC(OC(C)=O)C2=C(C(=O)O)N3C(=O)[C@H](NC=O)[C@H]3SC2)c2cccs2)C(=O)C1=O. The maximum Gasteiger partial charge on any atom is 0.352 e. The molecule has 224 valence electrons. The Morgan fingerprint density at radius 1 is 1.17 bits per heavy atom. The van der Waals surface area contributed by atoms with Gasteiger partial charge in [-0.3, -0.25) is 38.6 Å². The van der Waals surface area contributed by atoms with Gasteiger partial charge in [0.1, 0.15) is 23.2 Å². The summed E-state index contributed by atoms with van der Waals surface area (Å²) in [7, 11) is 0. The molecule has 0 saturated carbocycles. The highest BCUT2D eigenvalue weighted by Gasteiger charge is 2.54. The fourth-order valence-electron chi connectivity index (χ4n) is 4.60. The summed E-state index contributed by atoms with van der Waals surface area (Å²) in [5, 5.41) is 18.1. The van der Waals surface area contributed by atoms with Crippen molar-refractivity contribution < 1.29 is 48.2 Å². The third-order valence-corrected chi connectivity index (χ3v) is 8.85. The van der Waals surface area contributed by atoms with E-state index in [0.717, 1.165) is 34.9 Å². The Labute approximate surface area is 246 Å². The topological polar surface area (TPSA) is 212 Å². The van der Waals surface area contributed by atoms with Gasteiger partial charge < -0.3 is 30.7 Å². The van der Waals surface area contributed by atoms with Crippen molar-refractivity contribution in [2.45, 2.75) is 37.5 Å². The number of thioether (sulfide) groups is 1. The van der Waals surface area contributed by atoms with E-state index in [-0.39, 0.29) is 31.0 Å². The molecule has 16 nitrogen and oxygen atoms in total. The van der Waals surface area contributed by atoms with Crippen LogP contribution in [-0.2, 0) is 38.3 Å². The van der Waals surface area contributed by atoms with E-state index in [1.54, 1.807) is 18.4 Å². The molecule has 0 aliphatic carbocycles. The van der Waals surface area contributed by atoms with Crippen molar-refractivity contribution >= 4 is 71.1 Å². The minimum absolute atomic E-state index is 0.0975. The number of β-lactam (4-membered cyclic amide) rings is 1. The first-order valence-corrected chi connectivity index (χ1v) is 14.5. The Morgan fingerprint density at radius 3 is 2.50 bits per heavy atom. The van der Waals surface area contributed by atoms with Crippen LogP contribution < -0.4 is 16.0 Å². The van der Waals surface area contributed by atoms with Gasteiger partial charge in [-0.05, 0) is 18.4 Å². The maximum atomic E-state index is 13.6. The molecule has 4 N–H and O–H groups in total. The zero-order valence-electron chi connectivity index (χ0n) is 22.2. The number of urea groups is 1. The van der Waals surface area contributed by atoms with Crippen molar-refractivity contribution in [3.8, 4) is 0 Å². The molecule has 1 aromatic rings. The van der Waals surface area contributed by atoms with Gasteiger partial charge in [0.25, 0.3) is 11.8 Å². The molecule has 1 aromatic heterocycles. The first kappa shape index (κ1) is 30.5. The number of hydrogen-bond acceptors (Lipinski definition) is 11. The number of likely N-dealkylation sites (N-methyl/N-ethyl adjacent to an activating group) is 1. The number of amides is 7. The first-order chi connectivity index (χ1) is 20.0. The number of carboxylic acid groups (broad SMARTS) is 1. The summed E-state index contributed by atoms with van der Waals surface area (Å²) in [5.41, 5.74) is -0.633. The molecule has 0 spiro atoms. The molecule has 0 bridgehead atoms. The third kappa shape index (κ3) is 5.80. The molecule has 2 unspecified atom stereocenters. The molecule has 7 amide bonds. The Kier molecular flexibility index (Phi) is 9.15. The molecule has 4 rings (SSSR count). The molecule has 2 fully saturated rings. The van der Waals surface area contributed by atoms with Crippen LogP contribution in [0.2, 0.25) is 0 Å². The van der Waals surface area contributed by atoms with Gasteiger partial charge >= 0.3 is 29.8 Å². The molecule has 3 aliphatic rings. The molecule has 4 heterocycles. The van der Waals surface area contributed by atoms with Gasteiger partial charge in [0.15, 0.2) is 0 Å². The lowest BCUT2D eigenvalue weighted by Crippen LogP contribution is -2.70. The van der Waals surface area contributed by atoms with Crippen LogP contribution in [0.4, 0.5) is 4.79 Å². The molecule has 4 atom stereocenters. The highest BCUT2D eigenvalue weighted by atomic mass is 32.2. The van der Waals surface area contributed by atoms with Crippen molar-refractivity contribution in [2.24, 2.45) is 0 Å². The van der Waals surface area contributed by atoms with E-state index in [1.165, 1.54) is 11.0 Å². The minimum Gasteiger partial charge on any atom is -0.477 e. The smallest absolute Gasteiger partial charge is 0.352 e. The van der Waals surface area contributed by atoms with Crippen LogP contribution in [0, 0.1) is 0 Å². The fourth-order valence-corrected chi connectivity index (χ4v) is 6.75. The van der Waals surface area contributed by atoms with Crippen molar-refractivity contribution in [3.05, 3.63) is 33.7 Å². The van der Waals surface area contributed by atoms with Crippen molar-refractivity contribution in [2.75, 3.05) is 25.4 Å². The number of nitrogens with zero attached hydrogens (tertiary/aromatic N) is 3. The van der Waals surface area contributed by atoms with Crippen LogP contribution in [0.3, 0.4) is 0 Å². The second-order valence-electron chi connectivity index (χ2n) is 9.09. The summed E-state index contributed by atoms with van der Waals surface area (Å²) in [5.74, 6) is -6.06. The zero-order chi connectivity index (χ0) is 30.7. The number of piperazine rings is 1. The Morgan fingerprint density at radius 2 is 1.90 bits per heavy atom. The molecule has 3 aliphatic heterocycles. The summed E-state index contributed by atoms with van der Waals surface area (Å²) < 4.78 is 5.26. The van der Waals surface area contributed by atoms with E-state index in [9.17, 15) is 43.5 Å². The summed E-state index contributed by atoms with van der Waals surface area (Å²) >= 11 is 2.18. The summed E-state index contributed by atoms with van der Waals surface area (Å²) in [6, 6.07) is -0.264. The summed E-state index contributed by atoms with van der Waals surface area (Å²) in [6.45, 7) is 3.02. The normalized spacial score (nSPS) is 21.6. The number of hydrogen-bond donors (Lipinski definition) is 4. The van der Waals surface area contributed by atoms with E-state index in [0.29, 0.717) is 16.2 Å². The molecule has 0 radical (unpaired) electrons. The van der Waals surface area contributed by atoms with Crippen LogP contribution in [-0.4, -0.2) is 111 Å². The second-order valence-corrected chi connectivity index (χ2v) is 11.2. The number of nitrogens with one attached hydrogen (secondary N) is 3. The maximum absolute atomic E-state index is 13.6. The average molecular weight is 623 g/mol. The van der Waals surface area contributed by atoms with Crippen LogP contribution in [0.25, 0.3) is 0 Å². The number of imide groups is 1. The van der Waals surface area contributed by atoms with Crippen molar-refractivity contribution in [3.63, 3.8) is 0 Å². The number of ether oxygens (including phenoxy) is 1. The number of fused-ring (bicyclic) bond motifs is 1. The fraction of sp³-hybridized carbons (Fsp3) is 0.417. The number of carbonyl (C=O) groups excluding carboxylic acids is 7.